The Morgan fingerprint density at radius 2 is 1.20 bits per heavy atom. The molecule has 4 nitrogen and oxygen atoms in total. The van der Waals surface area contributed by atoms with Crippen LogP contribution in [0.2, 0.25) is 0 Å². The summed E-state index contributed by atoms with van der Waals surface area (Å²) >= 11 is 0. The zero-order chi connectivity index (χ0) is 7.66. The third kappa shape index (κ3) is 7.84. The van der Waals surface area contributed by atoms with Gasteiger partial charge in [0.05, 0.1) is 0 Å². The van der Waals surface area contributed by atoms with E-state index in [9.17, 15) is 0 Å². The van der Waals surface area contributed by atoms with Crippen molar-refractivity contribution in [3.8, 4) is 0 Å². The van der Waals surface area contributed by atoms with Gasteiger partial charge in [0, 0.05) is 13.3 Å². The molecule has 0 radical (unpaired) electrons. The summed E-state index contributed by atoms with van der Waals surface area (Å²) in [6.45, 7) is 3.15. The molecule has 0 saturated carbocycles. The largest absolute Gasteiger partial charge is 0.318 e. The van der Waals surface area contributed by atoms with Crippen LogP contribution < -0.4 is 22.1 Å². The van der Waals surface area contributed by atoms with Crippen molar-refractivity contribution in [2.45, 2.75) is 12.8 Å². The van der Waals surface area contributed by atoms with E-state index in [-0.39, 0.29) is 0 Å². The topological polar surface area (TPSA) is 76.1 Å². The molecular formula is C6H18N4. The Labute approximate surface area is 62.3 Å². The molecule has 0 spiro atoms. The molecule has 0 unspecified atom stereocenters. The van der Waals surface area contributed by atoms with E-state index in [0.29, 0.717) is 13.3 Å². The lowest BCUT2D eigenvalue weighted by Gasteiger charge is -2.01. The number of nitrogens with one attached hydrogen (secondary N) is 2. The van der Waals surface area contributed by atoms with Crippen molar-refractivity contribution in [1.82, 2.24) is 10.6 Å². The van der Waals surface area contributed by atoms with Crippen LogP contribution in [0.4, 0.5) is 0 Å². The van der Waals surface area contributed by atoms with Crippen LogP contribution in [0.1, 0.15) is 12.8 Å². The summed E-state index contributed by atoms with van der Waals surface area (Å²) in [5, 5.41) is 6.09. The van der Waals surface area contributed by atoms with Crippen molar-refractivity contribution in [3.63, 3.8) is 0 Å². The number of hydrogen-bond donors (Lipinski definition) is 4. The van der Waals surface area contributed by atoms with Crippen LogP contribution in [-0.2, 0) is 0 Å². The van der Waals surface area contributed by atoms with Gasteiger partial charge in [-0.05, 0) is 25.9 Å². The van der Waals surface area contributed by atoms with Gasteiger partial charge in [-0.2, -0.15) is 0 Å². The molecule has 0 aliphatic carbocycles. The molecule has 0 fully saturated rings. The van der Waals surface area contributed by atoms with Crippen molar-refractivity contribution in [3.05, 3.63) is 0 Å². The van der Waals surface area contributed by atoms with E-state index in [0.717, 1.165) is 25.9 Å². The first-order valence-corrected chi connectivity index (χ1v) is 3.73. The van der Waals surface area contributed by atoms with Gasteiger partial charge >= 0.3 is 0 Å². The highest BCUT2D eigenvalue weighted by atomic mass is 15.0. The Bertz CT molecular complexity index is 49.7. The van der Waals surface area contributed by atoms with Crippen LogP contribution in [0.15, 0.2) is 0 Å². The average molecular weight is 146 g/mol. The lowest BCUT2D eigenvalue weighted by atomic mass is 10.3. The zero-order valence-corrected chi connectivity index (χ0v) is 6.40. The van der Waals surface area contributed by atoms with Gasteiger partial charge in [-0.3, -0.25) is 0 Å². The first-order valence-electron chi connectivity index (χ1n) is 3.73. The van der Waals surface area contributed by atoms with Crippen LogP contribution in [0.3, 0.4) is 0 Å². The zero-order valence-electron chi connectivity index (χ0n) is 6.40. The van der Waals surface area contributed by atoms with Crippen molar-refractivity contribution < 1.29 is 0 Å². The van der Waals surface area contributed by atoms with Crippen LogP contribution in [-0.4, -0.2) is 26.4 Å². The smallest absolute Gasteiger partial charge is 0.0428 e. The normalized spacial score (nSPS) is 10.2. The molecule has 0 heterocycles. The van der Waals surface area contributed by atoms with E-state index in [1.54, 1.807) is 0 Å². The van der Waals surface area contributed by atoms with Crippen molar-refractivity contribution in [2.75, 3.05) is 26.4 Å². The third-order valence-electron chi connectivity index (χ3n) is 1.25. The summed E-state index contributed by atoms with van der Waals surface area (Å²) in [5.41, 5.74) is 10.4. The van der Waals surface area contributed by atoms with E-state index < -0.39 is 0 Å². The van der Waals surface area contributed by atoms with Crippen molar-refractivity contribution in [1.29, 1.82) is 0 Å². The van der Waals surface area contributed by atoms with Gasteiger partial charge < -0.3 is 22.1 Å². The summed E-state index contributed by atoms with van der Waals surface area (Å²) < 4.78 is 0. The SMILES string of the molecule is NCNCCCCNCN. The van der Waals surface area contributed by atoms with E-state index in [1.165, 1.54) is 0 Å². The Morgan fingerprint density at radius 3 is 1.50 bits per heavy atom. The van der Waals surface area contributed by atoms with Crippen molar-refractivity contribution in [2.24, 2.45) is 11.5 Å². The van der Waals surface area contributed by atoms with Gasteiger partial charge in [0.15, 0.2) is 0 Å². The van der Waals surface area contributed by atoms with Gasteiger partial charge in [0.1, 0.15) is 0 Å². The molecule has 62 valence electrons. The summed E-state index contributed by atoms with van der Waals surface area (Å²) in [6, 6.07) is 0. The lowest BCUT2D eigenvalue weighted by molar-refractivity contribution is 0.593. The van der Waals surface area contributed by atoms with Gasteiger partial charge in [-0.15, -0.1) is 0 Å². The molecule has 6 N–H and O–H groups in total. The van der Waals surface area contributed by atoms with Crippen LogP contribution in [0, 0.1) is 0 Å². The fourth-order valence-corrected chi connectivity index (χ4v) is 0.704. The average Bonchev–Trinajstić information content (AvgIpc) is 1.97. The highest BCUT2D eigenvalue weighted by Crippen LogP contribution is 1.82. The van der Waals surface area contributed by atoms with Crippen LogP contribution >= 0.6 is 0 Å². The monoisotopic (exact) mass is 146 g/mol. The molecule has 0 aromatic heterocycles. The number of rotatable bonds is 7. The standard InChI is InChI=1S/C6H18N4/c7-5-9-3-1-2-4-10-6-8/h9-10H,1-8H2. The molecule has 0 saturated heterocycles. The van der Waals surface area contributed by atoms with E-state index >= 15 is 0 Å². The van der Waals surface area contributed by atoms with E-state index in [4.69, 9.17) is 11.5 Å². The summed E-state index contributed by atoms with van der Waals surface area (Å²) in [4.78, 5) is 0. The molecule has 0 bridgehead atoms. The second-order valence-corrected chi connectivity index (χ2v) is 2.12. The molecule has 0 aliphatic heterocycles. The molecule has 0 aromatic carbocycles. The number of hydrogen-bond acceptors (Lipinski definition) is 4. The Morgan fingerprint density at radius 1 is 0.800 bits per heavy atom. The van der Waals surface area contributed by atoms with E-state index in [2.05, 4.69) is 10.6 Å². The van der Waals surface area contributed by atoms with Gasteiger partial charge in [0.2, 0.25) is 0 Å². The first-order chi connectivity index (χ1) is 4.91. The predicted octanol–water partition coefficient (Wildman–Crippen LogP) is -1.22. The lowest BCUT2D eigenvalue weighted by Crippen LogP contribution is -2.26. The Hall–Kier alpha value is -0.160. The maximum atomic E-state index is 5.22. The van der Waals surface area contributed by atoms with Gasteiger partial charge in [-0.1, -0.05) is 0 Å². The van der Waals surface area contributed by atoms with Gasteiger partial charge in [-0.25, -0.2) is 0 Å². The van der Waals surface area contributed by atoms with Gasteiger partial charge in [0.25, 0.3) is 0 Å². The predicted molar refractivity (Wildman–Crippen MR) is 43.3 cm³/mol. The molecule has 0 aromatic rings. The maximum absolute atomic E-state index is 5.22. The van der Waals surface area contributed by atoms with Crippen molar-refractivity contribution >= 4 is 0 Å². The number of nitrogens with two attached hydrogens (primary N) is 2. The highest BCUT2D eigenvalue weighted by Gasteiger charge is 1.85. The summed E-state index contributed by atoms with van der Waals surface area (Å²) in [5.74, 6) is 0. The summed E-state index contributed by atoms with van der Waals surface area (Å²) in [7, 11) is 0. The third-order valence-corrected chi connectivity index (χ3v) is 1.25. The minimum atomic E-state index is 0.574. The summed E-state index contributed by atoms with van der Waals surface area (Å²) in [6.07, 6.45) is 2.31. The Kier molecular flexibility index (Phi) is 8.70. The fraction of sp³-hybridized carbons (Fsp3) is 1.00. The maximum Gasteiger partial charge on any atom is 0.0428 e. The molecule has 10 heavy (non-hydrogen) atoms. The Balaban J connectivity index is 2.65. The second kappa shape index (κ2) is 8.84. The molecule has 0 amide bonds. The molecule has 4 heteroatoms. The molecule has 0 aliphatic rings. The van der Waals surface area contributed by atoms with Crippen LogP contribution in [0.5, 0.6) is 0 Å². The number of unbranched alkanes of at least 4 members (excludes halogenated alkanes) is 1. The molecular weight excluding hydrogens is 128 g/mol. The quantitative estimate of drug-likeness (QED) is 0.268. The highest BCUT2D eigenvalue weighted by molar-refractivity contribution is 4.47. The molecule has 0 rings (SSSR count). The fourth-order valence-electron chi connectivity index (χ4n) is 0.704. The minimum Gasteiger partial charge on any atom is -0.318 e. The minimum absolute atomic E-state index is 0.574. The second-order valence-electron chi connectivity index (χ2n) is 2.12. The molecule has 0 atom stereocenters. The first kappa shape index (κ1) is 9.84. The van der Waals surface area contributed by atoms with E-state index in [1.807, 2.05) is 0 Å². The van der Waals surface area contributed by atoms with Crippen LogP contribution in [0.25, 0.3) is 0 Å².